The molecule has 1 unspecified atom stereocenters. The van der Waals surface area contributed by atoms with Crippen LogP contribution >= 0.6 is 23.5 Å². The van der Waals surface area contributed by atoms with Gasteiger partial charge < -0.3 is 15.1 Å². The standard InChI is InChI=1S/C16H27N3S2.C4H4O4/c1-2-3-4-5-6-11-20-16-15(17-21-18-16)14-12-19-9-7-13(14)8-10-19;5-3(6)1-2-4(7)8/h13-14H,2-12H2,1H3;1-2H,(H,5,6)(H,7,8)/b;2-1+. The van der Waals surface area contributed by atoms with E-state index in [-0.39, 0.29) is 0 Å². The predicted molar refractivity (Wildman–Crippen MR) is 116 cm³/mol. The second kappa shape index (κ2) is 13.0. The Bertz CT molecular complexity index is 656. The van der Waals surface area contributed by atoms with Crippen LogP contribution in [0.15, 0.2) is 17.2 Å². The molecule has 4 heterocycles. The zero-order valence-electron chi connectivity index (χ0n) is 17.0. The van der Waals surface area contributed by atoms with Crippen molar-refractivity contribution in [2.75, 3.05) is 25.4 Å². The Morgan fingerprint density at radius 1 is 1.10 bits per heavy atom. The van der Waals surface area contributed by atoms with Crippen molar-refractivity contribution in [1.82, 2.24) is 13.6 Å². The van der Waals surface area contributed by atoms with Gasteiger partial charge in [-0.1, -0.05) is 32.6 Å². The number of carboxylic acids is 2. The number of hydrogen-bond acceptors (Lipinski definition) is 7. The molecule has 9 heteroatoms. The van der Waals surface area contributed by atoms with E-state index < -0.39 is 11.9 Å². The van der Waals surface area contributed by atoms with E-state index in [4.69, 9.17) is 10.2 Å². The number of aliphatic carboxylic acids is 2. The normalized spacial score (nSPS) is 23.0. The molecule has 0 aliphatic carbocycles. The molecule has 3 saturated heterocycles. The van der Waals surface area contributed by atoms with Crippen LogP contribution in [0.25, 0.3) is 0 Å². The van der Waals surface area contributed by atoms with E-state index in [2.05, 4.69) is 20.6 Å². The number of aromatic nitrogens is 2. The van der Waals surface area contributed by atoms with Crippen LogP contribution in [0.4, 0.5) is 0 Å². The number of fused-ring (bicyclic) bond motifs is 3. The van der Waals surface area contributed by atoms with Gasteiger partial charge in [-0.15, -0.1) is 11.8 Å². The van der Waals surface area contributed by atoms with Crippen LogP contribution in [0, 0.1) is 5.92 Å². The first-order chi connectivity index (χ1) is 14.0. The van der Waals surface area contributed by atoms with Crippen LogP contribution in [0.1, 0.15) is 63.5 Å². The molecule has 4 rings (SSSR count). The highest BCUT2D eigenvalue weighted by Gasteiger charge is 2.37. The predicted octanol–water partition coefficient (Wildman–Crippen LogP) is 4.12. The minimum Gasteiger partial charge on any atom is -0.478 e. The van der Waals surface area contributed by atoms with Gasteiger partial charge in [-0.05, 0) is 44.0 Å². The van der Waals surface area contributed by atoms with Crippen molar-refractivity contribution in [3.8, 4) is 0 Å². The number of unbranched alkanes of at least 4 members (excludes halogenated alkanes) is 4. The van der Waals surface area contributed by atoms with E-state index >= 15 is 0 Å². The summed E-state index contributed by atoms with van der Waals surface area (Å²) in [6, 6.07) is 0. The highest BCUT2D eigenvalue weighted by molar-refractivity contribution is 7.99. The van der Waals surface area contributed by atoms with Crippen LogP contribution in [0.3, 0.4) is 0 Å². The summed E-state index contributed by atoms with van der Waals surface area (Å²) in [5.41, 5.74) is 1.33. The summed E-state index contributed by atoms with van der Waals surface area (Å²) in [4.78, 5) is 21.7. The van der Waals surface area contributed by atoms with Gasteiger partial charge >= 0.3 is 11.9 Å². The fourth-order valence-corrected chi connectivity index (χ4v) is 5.58. The Labute approximate surface area is 180 Å². The lowest BCUT2D eigenvalue weighted by Gasteiger charge is -2.44. The Morgan fingerprint density at radius 2 is 1.76 bits per heavy atom. The summed E-state index contributed by atoms with van der Waals surface area (Å²) in [7, 11) is 0. The molecule has 0 aromatic carbocycles. The van der Waals surface area contributed by atoms with Crippen LogP contribution in [0.2, 0.25) is 0 Å². The molecule has 1 aromatic heterocycles. The highest BCUT2D eigenvalue weighted by Crippen LogP contribution is 2.41. The molecule has 7 nitrogen and oxygen atoms in total. The maximum atomic E-state index is 9.55. The highest BCUT2D eigenvalue weighted by atomic mass is 32.2. The third-order valence-corrected chi connectivity index (χ3v) is 7.07. The van der Waals surface area contributed by atoms with E-state index in [0.717, 1.165) is 5.92 Å². The van der Waals surface area contributed by atoms with Gasteiger partial charge in [0.15, 0.2) is 0 Å². The topological polar surface area (TPSA) is 104 Å². The lowest BCUT2D eigenvalue weighted by Crippen LogP contribution is -2.46. The average Bonchev–Trinajstić information content (AvgIpc) is 3.19. The van der Waals surface area contributed by atoms with Gasteiger partial charge in [0.05, 0.1) is 17.4 Å². The molecule has 162 valence electrons. The molecule has 0 spiro atoms. The van der Waals surface area contributed by atoms with Crippen LogP contribution in [0.5, 0.6) is 0 Å². The number of carbonyl (C=O) groups is 2. The van der Waals surface area contributed by atoms with Crippen molar-refractivity contribution in [3.05, 3.63) is 17.8 Å². The number of piperidine rings is 3. The van der Waals surface area contributed by atoms with Crippen molar-refractivity contribution in [1.29, 1.82) is 0 Å². The zero-order chi connectivity index (χ0) is 21.1. The number of carboxylic acid groups (broad SMARTS) is 2. The molecule has 1 atom stereocenters. The van der Waals surface area contributed by atoms with E-state index in [1.165, 1.54) is 92.8 Å². The van der Waals surface area contributed by atoms with Crippen molar-refractivity contribution in [2.45, 2.75) is 62.8 Å². The van der Waals surface area contributed by atoms with Gasteiger partial charge in [0.2, 0.25) is 0 Å². The fraction of sp³-hybridized carbons (Fsp3) is 0.700. The van der Waals surface area contributed by atoms with Crippen LogP contribution in [-0.2, 0) is 9.59 Å². The molecular weight excluding hydrogens is 410 g/mol. The maximum absolute atomic E-state index is 9.55. The smallest absolute Gasteiger partial charge is 0.328 e. The zero-order valence-corrected chi connectivity index (χ0v) is 18.6. The fourth-order valence-electron chi connectivity index (χ4n) is 3.81. The second-order valence-corrected chi connectivity index (χ2v) is 9.08. The summed E-state index contributed by atoms with van der Waals surface area (Å²) < 4.78 is 9.25. The summed E-state index contributed by atoms with van der Waals surface area (Å²) in [6.45, 7) is 6.10. The first kappa shape index (κ1) is 23.8. The van der Waals surface area contributed by atoms with Crippen molar-refractivity contribution >= 4 is 35.4 Å². The third-order valence-electron chi connectivity index (χ3n) is 5.34. The lowest BCUT2D eigenvalue weighted by atomic mass is 9.78. The summed E-state index contributed by atoms with van der Waals surface area (Å²) in [5, 5.41) is 16.9. The minimum absolute atomic E-state index is 0.558. The molecule has 2 N–H and O–H groups in total. The number of hydrogen-bond donors (Lipinski definition) is 2. The first-order valence-corrected chi connectivity index (χ1v) is 12.0. The number of thioether (sulfide) groups is 1. The average molecular weight is 442 g/mol. The third kappa shape index (κ3) is 8.44. The Hall–Kier alpha value is -1.45. The first-order valence-electron chi connectivity index (χ1n) is 10.3. The quantitative estimate of drug-likeness (QED) is 0.317. The maximum Gasteiger partial charge on any atom is 0.328 e. The molecule has 29 heavy (non-hydrogen) atoms. The van der Waals surface area contributed by atoms with Crippen molar-refractivity contribution in [2.24, 2.45) is 5.92 Å². The second-order valence-electron chi connectivity index (χ2n) is 7.47. The van der Waals surface area contributed by atoms with Crippen molar-refractivity contribution < 1.29 is 19.8 Å². The van der Waals surface area contributed by atoms with E-state index in [1.807, 2.05) is 11.8 Å². The van der Waals surface area contributed by atoms with Gasteiger partial charge in [-0.2, -0.15) is 8.75 Å². The van der Waals surface area contributed by atoms with Gasteiger partial charge in [-0.25, -0.2) is 9.59 Å². The van der Waals surface area contributed by atoms with E-state index in [9.17, 15) is 9.59 Å². The molecule has 3 aliphatic rings. The monoisotopic (exact) mass is 441 g/mol. The molecule has 0 amide bonds. The van der Waals surface area contributed by atoms with Gasteiger partial charge in [-0.3, -0.25) is 0 Å². The van der Waals surface area contributed by atoms with Gasteiger partial charge in [0, 0.05) is 24.6 Å². The number of rotatable bonds is 10. The largest absolute Gasteiger partial charge is 0.478 e. The Balaban J connectivity index is 0.000000321. The molecule has 3 fully saturated rings. The Kier molecular flexibility index (Phi) is 10.7. The van der Waals surface area contributed by atoms with Crippen LogP contribution < -0.4 is 0 Å². The van der Waals surface area contributed by atoms with Crippen molar-refractivity contribution in [3.63, 3.8) is 0 Å². The molecule has 2 bridgehead atoms. The summed E-state index contributed by atoms with van der Waals surface area (Å²) in [6.07, 6.45) is 10.6. The molecule has 0 radical (unpaired) electrons. The summed E-state index contributed by atoms with van der Waals surface area (Å²) >= 11 is 3.37. The minimum atomic E-state index is -1.26. The molecule has 3 aliphatic heterocycles. The summed E-state index contributed by atoms with van der Waals surface area (Å²) in [5.74, 6) is 0.222. The SMILES string of the molecule is CCCCCCCSc1nsnc1C1CN2CCC1CC2.O=C(O)/C=C/C(=O)O. The van der Waals surface area contributed by atoms with E-state index in [0.29, 0.717) is 18.1 Å². The van der Waals surface area contributed by atoms with Crippen LogP contribution in [-0.4, -0.2) is 61.2 Å². The molecule has 0 saturated carbocycles. The lowest BCUT2D eigenvalue weighted by molar-refractivity contribution is -0.134. The Morgan fingerprint density at radius 3 is 2.31 bits per heavy atom. The number of nitrogens with zero attached hydrogens (tertiary/aromatic N) is 3. The molecular formula is C20H31N3O4S2. The van der Waals surface area contributed by atoms with Gasteiger partial charge in [0.25, 0.3) is 0 Å². The van der Waals surface area contributed by atoms with Gasteiger partial charge in [0.1, 0.15) is 5.03 Å². The molecule has 1 aromatic rings. The van der Waals surface area contributed by atoms with E-state index in [1.54, 1.807) is 0 Å².